The molecule has 0 aliphatic rings. The van der Waals surface area contributed by atoms with Crippen LogP contribution in [0.1, 0.15) is 25.0 Å². The molecule has 3 aromatic rings. The van der Waals surface area contributed by atoms with Gasteiger partial charge in [0.2, 0.25) is 21.8 Å². The third-order valence-corrected chi connectivity index (χ3v) is 7.72. The molecule has 2 atom stereocenters. The minimum atomic E-state index is -3.99. The number of pyridine rings is 1. The van der Waals surface area contributed by atoms with Crippen LogP contribution in [-0.4, -0.2) is 66.2 Å². The Balaban J connectivity index is 1.83. The van der Waals surface area contributed by atoms with Gasteiger partial charge in [-0.2, -0.15) is 4.31 Å². The van der Waals surface area contributed by atoms with Gasteiger partial charge in [-0.25, -0.2) is 13.4 Å². The Kier molecular flexibility index (Phi) is 10.2. The zero-order valence-corrected chi connectivity index (χ0v) is 22.6. The van der Waals surface area contributed by atoms with E-state index in [2.05, 4.69) is 10.3 Å². The first-order valence-corrected chi connectivity index (χ1v) is 13.8. The van der Waals surface area contributed by atoms with E-state index in [4.69, 9.17) is 4.74 Å². The summed E-state index contributed by atoms with van der Waals surface area (Å²) in [6.07, 6.45) is 0.320. The molecule has 0 saturated heterocycles. The molecular formula is C28H35N3O6S. The number of rotatable bonds is 13. The third-order valence-electron chi connectivity index (χ3n) is 5.90. The van der Waals surface area contributed by atoms with E-state index in [1.165, 1.54) is 41.9 Å². The Morgan fingerprint density at radius 1 is 1.03 bits per heavy atom. The van der Waals surface area contributed by atoms with Gasteiger partial charge in [-0.1, -0.05) is 56.3 Å². The van der Waals surface area contributed by atoms with Gasteiger partial charge in [0.15, 0.2) is 0 Å². The number of amides is 1. The standard InChI is InChI=1S/C28H35N3O6S/c1-20(2)18-31(38(35,36)24-12-13-28(37-3)29-17-24)19-26(33)25(15-21-8-5-4-6-9-21)30-27(34)16-22-10-7-11-23(32)14-22/h4-14,17,20,25-26,32-33H,15-16,18-19H2,1-3H3,(H,30,34)/t25-,26+/m0/s1. The molecule has 38 heavy (non-hydrogen) atoms. The number of phenols is 1. The summed E-state index contributed by atoms with van der Waals surface area (Å²) in [6.45, 7) is 3.72. The number of nitrogens with zero attached hydrogens (tertiary/aromatic N) is 2. The predicted octanol–water partition coefficient (Wildman–Crippen LogP) is 2.77. The lowest BCUT2D eigenvalue weighted by atomic mass is 10.00. The van der Waals surface area contributed by atoms with E-state index in [0.29, 0.717) is 12.0 Å². The second-order valence-corrected chi connectivity index (χ2v) is 11.5. The Morgan fingerprint density at radius 3 is 2.34 bits per heavy atom. The van der Waals surface area contributed by atoms with Crippen molar-refractivity contribution in [1.82, 2.24) is 14.6 Å². The van der Waals surface area contributed by atoms with Gasteiger partial charge in [0.05, 0.1) is 31.9 Å². The normalized spacial score (nSPS) is 13.3. The van der Waals surface area contributed by atoms with Crippen molar-refractivity contribution < 1.29 is 28.2 Å². The van der Waals surface area contributed by atoms with Gasteiger partial charge in [0.25, 0.3) is 0 Å². The summed E-state index contributed by atoms with van der Waals surface area (Å²) >= 11 is 0. The van der Waals surface area contributed by atoms with Crippen molar-refractivity contribution in [2.45, 2.75) is 43.7 Å². The minimum absolute atomic E-state index is 0.00205. The van der Waals surface area contributed by atoms with Gasteiger partial charge < -0.3 is 20.3 Å². The highest BCUT2D eigenvalue weighted by atomic mass is 32.2. The lowest BCUT2D eigenvalue weighted by molar-refractivity contribution is -0.122. The van der Waals surface area contributed by atoms with Crippen LogP contribution in [0.25, 0.3) is 0 Å². The lowest BCUT2D eigenvalue weighted by Crippen LogP contribution is -2.51. The lowest BCUT2D eigenvalue weighted by Gasteiger charge is -2.30. The molecule has 3 N–H and O–H groups in total. The van der Waals surface area contributed by atoms with E-state index < -0.39 is 22.2 Å². The Labute approximate surface area is 224 Å². The number of benzene rings is 2. The number of nitrogens with one attached hydrogen (secondary N) is 1. The number of aliphatic hydroxyl groups excluding tert-OH is 1. The number of ether oxygens (including phenoxy) is 1. The summed E-state index contributed by atoms with van der Waals surface area (Å²) in [5.41, 5.74) is 1.50. The molecule has 204 valence electrons. The molecule has 3 rings (SSSR count). The van der Waals surface area contributed by atoms with Crippen molar-refractivity contribution in [1.29, 1.82) is 0 Å². The second kappa shape index (κ2) is 13.4. The highest BCUT2D eigenvalue weighted by molar-refractivity contribution is 7.89. The average Bonchev–Trinajstić information content (AvgIpc) is 2.88. The molecule has 2 aromatic carbocycles. The van der Waals surface area contributed by atoms with Crippen LogP contribution < -0.4 is 10.1 Å². The van der Waals surface area contributed by atoms with Crippen molar-refractivity contribution in [2.24, 2.45) is 5.92 Å². The predicted molar refractivity (Wildman–Crippen MR) is 144 cm³/mol. The molecule has 0 fully saturated rings. The van der Waals surface area contributed by atoms with Crippen molar-refractivity contribution in [3.05, 3.63) is 84.1 Å². The second-order valence-electron chi connectivity index (χ2n) is 9.53. The minimum Gasteiger partial charge on any atom is -0.508 e. The molecule has 0 aliphatic heterocycles. The van der Waals surface area contributed by atoms with Gasteiger partial charge in [-0.3, -0.25) is 4.79 Å². The molecule has 0 spiro atoms. The Morgan fingerprint density at radius 2 is 1.74 bits per heavy atom. The Hall–Kier alpha value is -3.47. The number of hydrogen-bond donors (Lipinski definition) is 3. The molecular weight excluding hydrogens is 506 g/mol. The maximum atomic E-state index is 13.5. The summed E-state index contributed by atoms with van der Waals surface area (Å²) in [4.78, 5) is 16.9. The van der Waals surface area contributed by atoms with E-state index in [1.54, 1.807) is 12.1 Å². The quantitative estimate of drug-likeness (QED) is 0.303. The number of carbonyl (C=O) groups excluding carboxylic acids is 1. The molecule has 1 amide bonds. The van der Waals surface area contributed by atoms with Crippen LogP contribution in [0.4, 0.5) is 0 Å². The van der Waals surface area contributed by atoms with Gasteiger partial charge in [-0.05, 0) is 41.7 Å². The third kappa shape index (κ3) is 8.27. The van der Waals surface area contributed by atoms with E-state index in [-0.39, 0.29) is 47.9 Å². The van der Waals surface area contributed by atoms with Crippen molar-refractivity contribution >= 4 is 15.9 Å². The SMILES string of the molecule is COc1ccc(S(=O)(=O)N(CC(C)C)C[C@@H](O)[C@H](Cc2ccccc2)NC(=O)Cc2cccc(O)c2)cn1. The number of hydrogen-bond acceptors (Lipinski definition) is 7. The first kappa shape index (κ1) is 29.1. The monoisotopic (exact) mass is 541 g/mol. The Bertz CT molecular complexity index is 1280. The maximum Gasteiger partial charge on any atom is 0.244 e. The maximum absolute atomic E-state index is 13.5. The van der Waals surface area contributed by atoms with Gasteiger partial charge in [0, 0.05) is 19.2 Å². The number of aliphatic hydroxyl groups is 1. The number of methoxy groups -OCH3 is 1. The molecule has 9 nitrogen and oxygen atoms in total. The summed E-state index contributed by atoms with van der Waals surface area (Å²) in [5.74, 6) is -0.0280. The van der Waals surface area contributed by atoms with E-state index in [0.717, 1.165) is 5.56 Å². The highest BCUT2D eigenvalue weighted by Crippen LogP contribution is 2.20. The number of sulfonamides is 1. The van der Waals surface area contributed by atoms with Crippen molar-refractivity contribution in [2.75, 3.05) is 20.2 Å². The largest absolute Gasteiger partial charge is 0.508 e. The van der Waals surface area contributed by atoms with Crippen molar-refractivity contribution in [3.63, 3.8) is 0 Å². The highest BCUT2D eigenvalue weighted by Gasteiger charge is 2.31. The fourth-order valence-corrected chi connectivity index (χ4v) is 5.63. The summed E-state index contributed by atoms with van der Waals surface area (Å²) in [6, 6.07) is 17.9. The number of aromatic nitrogens is 1. The van der Waals surface area contributed by atoms with Crippen LogP contribution in [-0.2, 0) is 27.7 Å². The molecule has 1 aromatic heterocycles. The first-order chi connectivity index (χ1) is 18.1. The molecule has 0 unspecified atom stereocenters. The average molecular weight is 542 g/mol. The molecule has 10 heteroatoms. The smallest absolute Gasteiger partial charge is 0.244 e. The fraction of sp³-hybridized carbons (Fsp3) is 0.357. The number of phenolic OH excluding ortho intramolecular Hbond substituents is 1. The summed E-state index contributed by atoms with van der Waals surface area (Å²) < 4.78 is 33.3. The zero-order chi connectivity index (χ0) is 27.7. The molecule has 0 aliphatic carbocycles. The van der Waals surface area contributed by atoms with Crippen LogP contribution in [0.3, 0.4) is 0 Å². The number of carbonyl (C=O) groups is 1. The van der Waals surface area contributed by atoms with Crippen molar-refractivity contribution in [3.8, 4) is 11.6 Å². The molecule has 0 bridgehead atoms. The van der Waals surface area contributed by atoms with Crippen LogP contribution in [0, 0.1) is 5.92 Å². The fourth-order valence-electron chi connectivity index (χ4n) is 4.06. The zero-order valence-electron chi connectivity index (χ0n) is 21.8. The first-order valence-electron chi connectivity index (χ1n) is 12.4. The molecule has 1 heterocycles. The molecule has 0 radical (unpaired) electrons. The van der Waals surface area contributed by atoms with Gasteiger partial charge >= 0.3 is 0 Å². The van der Waals surface area contributed by atoms with Gasteiger partial charge in [0.1, 0.15) is 10.6 Å². The topological polar surface area (TPSA) is 129 Å². The van der Waals surface area contributed by atoms with E-state index in [9.17, 15) is 23.4 Å². The van der Waals surface area contributed by atoms with E-state index >= 15 is 0 Å². The summed E-state index contributed by atoms with van der Waals surface area (Å²) in [7, 11) is -2.55. The van der Waals surface area contributed by atoms with Crippen LogP contribution in [0.15, 0.2) is 77.8 Å². The van der Waals surface area contributed by atoms with Crippen LogP contribution >= 0.6 is 0 Å². The van der Waals surface area contributed by atoms with E-state index in [1.807, 2.05) is 44.2 Å². The van der Waals surface area contributed by atoms with Crippen LogP contribution in [0.5, 0.6) is 11.6 Å². The molecule has 0 saturated carbocycles. The summed E-state index contributed by atoms with van der Waals surface area (Å²) in [5, 5.41) is 23.9. The number of aromatic hydroxyl groups is 1. The van der Waals surface area contributed by atoms with Gasteiger partial charge in [-0.15, -0.1) is 0 Å². The van der Waals surface area contributed by atoms with Crippen LogP contribution in [0.2, 0.25) is 0 Å².